The molecule has 0 aliphatic rings. The van der Waals surface area contributed by atoms with Crippen molar-refractivity contribution in [2.45, 2.75) is 25.8 Å². The Morgan fingerprint density at radius 2 is 2.00 bits per heavy atom. The fourth-order valence-electron chi connectivity index (χ4n) is 2.86. The smallest absolute Gasteiger partial charge is 0.247 e. The van der Waals surface area contributed by atoms with Gasteiger partial charge in [0.2, 0.25) is 17.7 Å². The van der Waals surface area contributed by atoms with Crippen molar-refractivity contribution in [2.24, 2.45) is 0 Å². The number of halogens is 2. The summed E-state index contributed by atoms with van der Waals surface area (Å²) in [5.41, 5.74) is 1.99. The highest BCUT2D eigenvalue weighted by atomic mass is 35.5. The van der Waals surface area contributed by atoms with Gasteiger partial charge in [0.15, 0.2) is 5.82 Å². The lowest BCUT2D eigenvalue weighted by atomic mass is 10.0. The zero-order chi connectivity index (χ0) is 22.4. The van der Waals surface area contributed by atoms with E-state index in [0.717, 1.165) is 5.56 Å². The third kappa shape index (κ3) is 5.99. The summed E-state index contributed by atoms with van der Waals surface area (Å²) in [6.45, 7) is 5.03. The molecule has 0 aliphatic carbocycles. The molecule has 0 bridgehead atoms. The van der Waals surface area contributed by atoms with Crippen molar-refractivity contribution >= 4 is 29.1 Å². The summed E-state index contributed by atoms with van der Waals surface area (Å²) < 4.78 is 19.0. The van der Waals surface area contributed by atoms with Gasteiger partial charge >= 0.3 is 0 Å². The minimum absolute atomic E-state index is 0.0224. The first-order valence-electron chi connectivity index (χ1n) is 9.42. The summed E-state index contributed by atoms with van der Waals surface area (Å²) in [4.78, 5) is 28.1. The Morgan fingerprint density at radius 1 is 1.26 bits per heavy atom. The highest BCUT2D eigenvalue weighted by Crippen LogP contribution is 2.24. The van der Waals surface area contributed by atoms with E-state index in [1.807, 2.05) is 12.1 Å². The lowest BCUT2D eigenvalue weighted by molar-refractivity contribution is -0.121. The maximum Gasteiger partial charge on any atom is 0.247 e. The van der Waals surface area contributed by atoms with E-state index in [1.54, 1.807) is 25.1 Å². The predicted molar refractivity (Wildman–Crippen MR) is 114 cm³/mol. The third-order valence-electron chi connectivity index (χ3n) is 4.43. The second-order valence-electron chi connectivity index (χ2n) is 6.74. The van der Waals surface area contributed by atoms with Crippen molar-refractivity contribution in [1.82, 2.24) is 15.5 Å². The molecule has 1 atom stereocenters. The molecule has 0 fully saturated rings. The standard InChI is InChI=1S/C22H20ClFN4O3/c1-3-19(29)26-16-8-4-14(5-9-16)6-11-20(30)27-21(22-25-13(2)31-28-22)15-7-10-17(23)18(24)12-15/h3-5,7-10,12,21H,1,6,11H2,2H3,(H,26,29)(H,27,30). The number of nitrogens with one attached hydrogen (secondary N) is 2. The Hall–Kier alpha value is -3.52. The Labute approximate surface area is 183 Å². The first-order valence-corrected chi connectivity index (χ1v) is 9.80. The van der Waals surface area contributed by atoms with Gasteiger partial charge in [-0.15, -0.1) is 0 Å². The van der Waals surface area contributed by atoms with E-state index in [9.17, 15) is 14.0 Å². The maximum absolute atomic E-state index is 14.0. The summed E-state index contributed by atoms with van der Waals surface area (Å²) in [5, 5.41) is 9.32. The number of amides is 2. The number of hydrogen-bond acceptors (Lipinski definition) is 5. The number of nitrogens with zero attached hydrogens (tertiary/aromatic N) is 2. The first-order chi connectivity index (χ1) is 14.9. The van der Waals surface area contributed by atoms with Crippen molar-refractivity contribution in [3.05, 3.63) is 88.8 Å². The van der Waals surface area contributed by atoms with Gasteiger partial charge in [-0.25, -0.2) is 4.39 Å². The van der Waals surface area contributed by atoms with E-state index >= 15 is 0 Å². The molecule has 0 saturated heterocycles. The van der Waals surface area contributed by atoms with Crippen LogP contribution < -0.4 is 10.6 Å². The van der Waals surface area contributed by atoms with Crippen LogP contribution in [0.1, 0.15) is 35.3 Å². The molecule has 160 valence electrons. The average molecular weight is 443 g/mol. The second kappa shape index (κ2) is 9.99. The van der Waals surface area contributed by atoms with E-state index in [0.29, 0.717) is 23.6 Å². The SMILES string of the molecule is C=CC(=O)Nc1ccc(CCC(=O)NC(c2ccc(Cl)c(F)c2)c2noc(C)n2)cc1. The van der Waals surface area contributed by atoms with Crippen molar-refractivity contribution in [2.75, 3.05) is 5.32 Å². The number of benzene rings is 2. The van der Waals surface area contributed by atoms with Gasteiger partial charge in [-0.2, -0.15) is 4.98 Å². The first kappa shape index (κ1) is 22.2. The number of anilines is 1. The van der Waals surface area contributed by atoms with Gasteiger partial charge in [-0.3, -0.25) is 9.59 Å². The van der Waals surface area contributed by atoms with Crippen molar-refractivity contribution in [3.8, 4) is 0 Å². The van der Waals surface area contributed by atoms with Crippen LogP contribution in [-0.2, 0) is 16.0 Å². The molecule has 2 aromatic carbocycles. The van der Waals surface area contributed by atoms with Crippen molar-refractivity contribution < 1.29 is 18.5 Å². The number of aromatic nitrogens is 2. The Kier molecular flexibility index (Phi) is 7.15. The molecule has 3 rings (SSSR count). The number of hydrogen-bond donors (Lipinski definition) is 2. The van der Waals surface area contributed by atoms with Crippen LogP contribution in [0.5, 0.6) is 0 Å². The number of carbonyl (C=O) groups excluding carboxylic acids is 2. The molecule has 7 nitrogen and oxygen atoms in total. The van der Waals surface area contributed by atoms with Crippen LogP contribution in [0.3, 0.4) is 0 Å². The highest BCUT2D eigenvalue weighted by Gasteiger charge is 2.23. The Bertz CT molecular complexity index is 1100. The normalized spacial score (nSPS) is 11.6. The minimum Gasteiger partial charge on any atom is -0.342 e. The van der Waals surface area contributed by atoms with Crippen molar-refractivity contribution in [1.29, 1.82) is 0 Å². The van der Waals surface area contributed by atoms with E-state index in [1.165, 1.54) is 18.2 Å². The summed E-state index contributed by atoms with van der Waals surface area (Å²) in [6.07, 6.45) is 1.84. The molecule has 1 unspecified atom stereocenters. The minimum atomic E-state index is -0.784. The summed E-state index contributed by atoms with van der Waals surface area (Å²) in [7, 11) is 0. The molecule has 0 radical (unpaired) electrons. The second-order valence-corrected chi connectivity index (χ2v) is 7.14. The molecule has 9 heteroatoms. The van der Waals surface area contributed by atoms with Crippen LogP contribution in [0.25, 0.3) is 0 Å². The quantitative estimate of drug-likeness (QED) is 0.511. The van der Waals surface area contributed by atoms with Gasteiger partial charge in [-0.05, 0) is 47.9 Å². The van der Waals surface area contributed by atoms with E-state index in [-0.39, 0.29) is 29.1 Å². The molecule has 1 heterocycles. The number of aryl methyl sites for hydroxylation is 2. The molecule has 3 aromatic rings. The topological polar surface area (TPSA) is 97.1 Å². The van der Waals surface area contributed by atoms with E-state index in [4.69, 9.17) is 16.1 Å². The molecule has 0 aliphatic heterocycles. The van der Waals surface area contributed by atoms with Gasteiger partial charge in [0.05, 0.1) is 5.02 Å². The highest BCUT2D eigenvalue weighted by molar-refractivity contribution is 6.30. The molecule has 0 spiro atoms. The van der Waals surface area contributed by atoms with Crippen LogP contribution in [-0.4, -0.2) is 22.0 Å². The van der Waals surface area contributed by atoms with E-state index in [2.05, 4.69) is 27.4 Å². The average Bonchev–Trinajstić information content (AvgIpc) is 3.19. The lowest BCUT2D eigenvalue weighted by Gasteiger charge is -2.16. The molecular formula is C22H20ClFN4O3. The maximum atomic E-state index is 14.0. The van der Waals surface area contributed by atoms with Gasteiger partial charge in [0.25, 0.3) is 0 Å². The van der Waals surface area contributed by atoms with Gasteiger partial charge in [0.1, 0.15) is 11.9 Å². The van der Waals surface area contributed by atoms with Gasteiger partial charge in [0, 0.05) is 19.0 Å². The molecule has 1 aromatic heterocycles. The van der Waals surface area contributed by atoms with E-state index < -0.39 is 11.9 Å². The summed E-state index contributed by atoms with van der Waals surface area (Å²) in [6, 6.07) is 10.6. The van der Waals surface area contributed by atoms with Crippen LogP contribution in [0.15, 0.2) is 59.6 Å². The van der Waals surface area contributed by atoms with Crippen molar-refractivity contribution in [3.63, 3.8) is 0 Å². The van der Waals surface area contributed by atoms with Crippen LogP contribution in [0.2, 0.25) is 5.02 Å². The molecular weight excluding hydrogens is 423 g/mol. The molecule has 31 heavy (non-hydrogen) atoms. The zero-order valence-corrected chi connectivity index (χ0v) is 17.4. The monoisotopic (exact) mass is 442 g/mol. The largest absolute Gasteiger partial charge is 0.342 e. The predicted octanol–water partition coefficient (Wildman–Crippen LogP) is 4.13. The molecule has 2 N–H and O–H groups in total. The van der Waals surface area contributed by atoms with Gasteiger partial charge < -0.3 is 15.2 Å². The zero-order valence-electron chi connectivity index (χ0n) is 16.7. The van der Waals surface area contributed by atoms with Crippen LogP contribution in [0.4, 0.5) is 10.1 Å². The number of rotatable bonds is 8. The van der Waals surface area contributed by atoms with Crippen LogP contribution in [0, 0.1) is 12.7 Å². The number of carbonyl (C=O) groups is 2. The Morgan fingerprint density at radius 3 is 2.61 bits per heavy atom. The Balaban J connectivity index is 1.67. The summed E-state index contributed by atoms with van der Waals surface area (Å²) in [5.74, 6) is -0.634. The van der Waals surface area contributed by atoms with Gasteiger partial charge in [-0.1, -0.05) is 41.5 Å². The molecule has 0 saturated carbocycles. The van der Waals surface area contributed by atoms with Crippen LogP contribution >= 0.6 is 11.6 Å². The fourth-order valence-corrected chi connectivity index (χ4v) is 2.98. The molecule has 2 amide bonds. The third-order valence-corrected chi connectivity index (χ3v) is 4.74. The summed E-state index contributed by atoms with van der Waals surface area (Å²) >= 11 is 5.77. The lowest BCUT2D eigenvalue weighted by Crippen LogP contribution is -2.30. The fraction of sp³-hybridized carbons (Fsp3) is 0.182.